The quantitative estimate of drug-likeness (QED) is 0.130. The molecular formula is C71H83BN2O. The van der Waals surface area contributed by atoms with Gasteiger partial charge in [0.05, 0.1) is 0 Å². The zero-order valence-electron chi connectivity index (χ0n) is 49.1. The van der Waals surface area contributed by atoms with Gasteiger partial charge < -0.3 is 9.32 Å². The van der Waals surface area contributed by atoms with Crippen LogP contribution in [0, 0.1) is 6.92 Å². The van der Waals surface area contributed by atoms with Gasteiger partial charge >= 0.3 is 0 Å². The van der Waals surface area contributed by atoms with Crippen LogP contribution in [0.2, 0.25) is 0 Å². The van der Waals surface area contributed by atoms with Crippen LogP contribution in [0.5, 0.6) is 0 Å². The number of nitrogens with zero attached hydrogens (tertiary/aromatic N) is 2. The molecule has 0 radical (unpaired) electrons. The van der Waals surface area contributed by atoms with Crippen LogP contribution in [0.4, 0.5) is 34.3 Å². The molecule has 386 valence electrons. The van der Waals surface area contributed by atoms with Gasteiger partial charge in [-0.15, -0.1) is 0 Å². The highest BCUT2D eigenvalue weighted by Gasteiger charge is 2.49. The molecule has 1 aromatic heterocycles. The lowest BCUT2D eigenvalue weighted by molar-refractivity contribution is 0.332. The molecular weight excluding hydrogens is 908 g/mol. The summed E-state index contributed by atoms with van der Waals surface area (Å²) in [5.41, 5.74) is 25.8. The fourth-order valence-corrected chi connectivity index (χ4v) is 14.4. The monoisotopic (exact) mass is 991 g/mol. The highest BCUT2D eigenvalue weighted by molar-refractivity contribution is 7.01. The SMILES string of the molecule is Cc1cc2c(cc1N1c3cc(C(C)(C)C)ccc3B3c4c1cc(-c1ccccc1C(C)(C)C)cc4N(c1ccc4c(c1)C(C)(C)CCC4(C)C)c1oc4cc5c(cc4c13)C(C)(C)CCC5(C)C)C(C)(C)C=CC2(C)C. The zero-order valence-corrected chi connectivity index (χ0v) is 49.1. The smallest absolute Gasteiger partial charge is 0.257 e. The standard InChI is InChI=1S/C71H83BN2O/c1-42-34-50-53(70(16,17)32-30-67(50,10)11)40-56(42)74-57-37-44(64(2,3)4)24-27-55(57)72-61-47-39-52-54(71(18,19)33-31-69(52,14)15)41-60(47)75-63(61)73(45-25-26-49-51(38-45)68(12,13)29-28-66(49,8)9)58-35-43(36-59(74)62(58)72)46-22-20-21-23-48(46)65(5,6)7/h20-27,30,32,34-41H,28-29,31,33H2,1-19H3. The lowest BCUT2D eigenvalue weighted by Crippen LogP contribution is -2.61. The summed E-state index contributed by atoms with van der Waals surface area (Å²) in [4.78, 5) is 5.28. The molecule has 0 amide bonds. The molecule has 0 saturated carbocycles. The molecule has 0 bridgehead atoms. The summed E-state index contributed by atoms with van der Waals surface area (Å²) in [6, 6.07) is 39.4. The second kappa shape index (κ2) is 15.7. The van der Waals surface area contributed by atoms with E-state index in [0.717, 1.165) is 36.4 Å². The van der Waals surface area contributed by atoms with Crippen LogP contribution in [0.1, 0.15) is 200 Å². The van der Waals surface area contributed by atoms with Gasteiger partial charge in [0.15, 0.2) is 0 Å². The van der Waals surface area contributed by atoms with Crippen LogP contribution in [-0.4, -0.2) is 6.71 Å². The van der Waals surface area contributed by atoms with E-state index >= 15 is 0 Å². The van der Waals surface area contributed by atoms with Crippen molar-refractivity contribution in [2.24, 2.45) is 0 Å². The molecule has 2 aliphatic heterocycles. The largest absolute Gasteiger partial charge is 0.440 e. The minimum atomic E-state index is -0.147. The van der Waals surface area contributed by atoms with Crippen molar-refractivity contribution in [3.63, 3.8) is 0 Å². The van der Waals surface area contributed by atoms with E-state index in [1.807, 2.05) is 0 Å². The molecule has 0 saturated heterocycles. The fourth-order valence-electron chi connectivity index (χ4n) is 14.4. The van der Waals surface area contributed by atoms with Crippen molar-refractivity contribution >= 4 is 68.4 Å². The summed E-state index contributed by atoms with van der Waals surface area (Å²) >= 11 is 0. The maximum absolute atomic E-state index is 7.73. The Morgan fingerprint density at radius 3 is 1.65 bits per heavy atom. The molecule has 3 aliphatic carbocycles. The molecule has 0 unspecified atom stereocenters. The molecule has 7 aromatic rings. The van der Waals surface area contributed by atoms with E-state index in [4.69, 9.17) is 4.42 Å². The van der Waals surface area contributed by atoms with Gasteiger partial charge in [-0.25, -0.2) is 0 Å². The predicted molar refractivity (Wildman–Crippen MR) is 324 cm³/mol. The summed E-state index contributed by atoms with van der Waals surface area (Å²) < 4.78 is 7.73. The third-order valence-electron chi connectivity index (χ3n) is 19.5. The normalized spacial score (nSPS) is 20.0. The molecule has 3 nitrogen and oxygen atoms in total. The Labute approximate surface area is 451 Å². The lowest BCUT2D eigenvalue weighted by Gasteiger charge is -2.45. The van der Waals surface area contributed by atoms with Crippen molar-refractivity contribution in [3.05, 3.63) is 159 Å². The number of aryl methyl sites for hydroxylation is 1. The molecule has 0 N–H and O–H groups in total. The Morgan fingerprint density at radius 2 is 1.04 bits per heavy atom. The van der Waals surface area contributed by atoms with Gasteiger partial charge in [0, 0.05) is 50.1 Å². The van der Waals surface area contributed by atoms with Crippen molar-refractivity contribution in [3.8, 4) is 11.1 Å². The molecule has 4 heteroatoms. The Balaban J connectivity index is 1.26. The molecule has 0 fully saturated rings. The maximum Gasteiger partial charge on any atom is 0.257 e. The van der Waals surface area contributed by atoms with E-state index in [-0.39, 0.29) is 50.0 Å². The van der Waals surface area contributed by atoms with Gasteiger partial charge in [-0.1, -0.05) is 185 Å². The zero-order chi connectivity index (χ0) is 53.7. The first-order valence-corrected chi connectivity index (χ1v) is 28.5. The minimum Gasteiger partial charge on any atom is -0.440 e. The van der Waals surface area contributed by atoms with Crippen LogP contribution in [0.25, 0.3) is 22.1 Å². The molecule has 3 heterocycles. The van der Waals surface area contributed by atoms with Gasteiger partial charge in [-0.05, 0) is 186 Å². The summed E-state index contributed by atoms with van der Waals surface area (Å²) in [5, 5.41) is 1.24. The van der Waals surface area contributed by atoms with E-state index in [9.17, 15) is 0 Å². The number of allylic oxidation sites excluding steroid dienone is 2. The van der Waals surface area contributed by atoms with Crippen LogP contribution in [-0.2, 0) is 43.3 Å². The summed E-state index contributed by atoms with van der Waals surface area (Å²) in [5.74, 6) is 0.945. The molecule has 75 heavy (non-hydrogen) atoms. The molecule has 6 aromatic carbocycles. The second-order valence-electron chi connectivity index (χ2n) is 29.8. The molecule has 0 atom stereocenters. The van der Waals surface area contributed by atoms with Gasteiger partial charge in [0.1, 0.15) is 5.58 Å². The van der Waals surface area contributed by atoms with E-state index in [1.165, 1.54) is 112 Å². The third kappa shape index (κ3) is 7.47. The van der Waals surface area contributed by atoms with Crippen molar-refractivity contribution in [1.29, 1.82) is 0 Å². The summed E-state index contributed by atoms with van der Waals surface area (Å²) in [6.45, 7) is 45.6. The number of furan rings is 1. The fraction of sp³-hybridized carbons (Fsp3) is 0.437. The topological polar surface area (TPSA) is 19.6 Å². The Hall–Kier alpha value is -5.74. The Bertz CT molecular complexity index is 3610. The van der Waals surface area contributed by atoms with Crippen LogP contribution < -0.4 is 26.2 Å². The van der Waals surface area contributed by atoms with Crippen LogP contribution in [0.15, 0.2) is 114 Å². The number of benzene rings is 6. The van der Waals surface area contributed by atoms with E-state index in [1.54, 1.807) is 0 Å². The minimum absolute atomic E-state index is 0.0149. The van der Waals surface area contributed by atoms with Gasteiger partial charge in [0.2, 0.25) is 5.88 Å². The molecule has 0 spiro atoms. The number of fused-ring (bicyclic) bond motifs is 9. The van der Waals surface area contributed by atoms with Gasteiger partial charge in [-0.2, -0.15) is 0 Å². The van der Waals surface area contributed by atoms with Crippen LogP contribution in [0.3, 0.4) is 0 Å². The van der Waals surface area contributed by atoms with E-state index in [0.29, 0.717) is 0 Å². The third-order valence-corrected chi connectivity index (χ3v) is 19.5. The highest BCUT2D eigenvalue weighted by Crippen LogP contribution is 2.55. The Morgan fingerprint density at radius 1 is 0.480 bits per heavy atom. The van der Waals surface area contributed by atoms with E-state index in [2.05, 4.69) is 251 Å². The van der Waals surface area contributed by atoms with Crippen molar-refractivity contribution < 1.29 is 4.42 Å². The van der Waals surface area contributed by atoms with Crippen molar-refractivity contribution in [2.45, 2.75) is 201 Å². The first-order valence-electron chi connectivity index (χ1n) is 28.5. The number of hydrogen-bond acceptors (Lipinski definition) is 3. The van der Waals surface area contributed by atoms with Gasteiger partial charge in [0.25, 0.3) is 6.71 Å². The van der Waals surface area contributed by atoms with E-state index < -0.39 is 0 Å². The highest BCUT2D eigenvalue weighted by atomic mass is 16.4. The molecule has 12 rings (SSSR count). The Kier molecular flexibility index (Phi) is 10.5. The number of rotatable bonds is 3. The van der Waals surface area contributed by atoms with Crippen molar-refractivity contribution in [1.82, 2.24) is 0 Å². The lowest BCUT2D eigenvalue weighted by atomic mass is 9.33. The van der Waals surface area contributed by atoms with Gasteiger partial charge in [-0.3, -0.25) is 4.90 Å². The summed E-state index contributed by atoms with van der Waals surface area (Å²) in [7, 11) is 0. The molecule has 5 aliphatic rings. The average molecular weight is 991 g/mol. The van der Waals surface area contributed by atoms with Crippen LogP contribution >= 0.6 is 0 Å². The van der Waals surface area contributed by atoms with Crippen molar-refractivity contribution in [2.75, 3.05) is 9.80 Å². The predicted octanol–water partition coefficient (Wildman–Crippen LogP) is 17.9. The summed E-state index contributed by atoms with van der Waals surface area (Å²) in [6.07, 6.45) is 9.50. The second-order valence-corrected chi connectivity index (χ2v) is 29.8. The number of anilines is 6. The maximum atomic E-state index is 7.73. The average Bonchev–Trinajstić information content (AvgIpc) is 3.71. The first kappa shape index (κ1) is 50.1. The first-order chi connectivity index (χ1) is 34.8. The number of hydrogen-bond donors (Lipinski definition) is 0.